The number of ether oxygens (including phenoxy) is 2. The van der Waals surface area contributed by atoms with E-state index in [1.54, 1.807) is 19.3 Å². The summed E-state index contributed by atoms with van der Waals surface area (Å²) in [6, 6.07) is -0.956. The van der Waals surface area contributed by atoms with Gasteiger partial charge in [-0.2, -0.15) is 0 Å². The summed E-state index contributed by atoms with van der Waals surface area (Å²) in [5, 5.41) is 9.57. The summed E-state index contributed by atoms with van der Waals surface area (Å²) in [5.74, 6) is -1.91. The molecule has 186 valence electrons. The van der Waals surface area contributed by atoms with Crippen molar-refractivity contribution >= 4 is 17.8 Å². The van der Waals surface area contributed by atoms with E-state index in [0.29, 0.717) is 5.57 Å². The number of carboxylic acid groups (broad SMARTS) is 1. The van der Waals surface area contributed by atoms with Crippen molar-refractivity contribution < 1.29 is 29.0 Å². The molecule has 0 bridgehead atoms. The standard InChI is InChI=1S/C27H37NO6/c1-7-8-9-10-11-13-19(29)34-22-21(33-6)18-16-28(17(2)25(31)32)24(30)20(18)27(5)15-12-14-26(3,4)23(22)27/h7-11,13,17,21-23H,12,14-16H2,1-6H3,(H,31,32)/b8-7+,10-9+,13-11+/t17-,21+,22+,23-,27+/m0/s1. The van der Waals surface area contributed by atoms with Gasteiger partial charge in [0.05, 0.1) is 0 Å². The summed E-state index contributed by atoms with van der Waals surface area (Å²) in [7, 11) is 1.55. The smallest absolute Gasteiger partial charge is 0.331 e. The second-order valence-corrected chi connectivity index (χ2v) is 10.4. The quantitative estimate of drug-likeness (QED) is 0.342. The monoisotopic (exact) mass is 471 g/mol. The van der Waals surface area contributed by atoms with Gasteiger partial charge in [0.2, 0.25) is 0 Å². The number of carbonyl (C=O) groups is 3. The van der Waals surface area contributed by atoms with Crippen LogP contribution in [0.4, 0.5) is 0 Å². The molecule has 7 heteroatoms. The molecule has 3 aliphatic rings. The molecule has 0 saturated heterocycles. The first kappa shape index (κ1) is 25.9. The number of nitrogens with zero attached hydrogens (tertiary/aromatic N) is 1. The van der Waals surface area contributed by atoms with Crippen molar-refractivity contribution in [3.05, 3.63) is 47.6 Å². The first-order valence-electron chi connectivity index (χ1n) is 12.0. The van der Waals surface area contributed by atoms with Crippen LogP contribution >= 0.6 is 0 Å². The van der Waals surface area contributed by atoms with Gasteiger partial charge in [-0.3, -0.25) is 4.79 Å². The Morgan fingerprint density at radius 1 is 1.15 bits per heavy atom. The Balaban J connectivity index is 2.03. The summed E-state index contributed by atoms with van der Waals surface area (Å²) >= 11 is 0. The van der Waals surface area contributed by atoms with Crippen LogP contribution in [-0.4, -0.2) is 59.8 Å². The molecule has 0 aromatic heterocycles. The van der Waals surface area contributed by atoms with Gasteiger partial charge in [0.1, 0.15) is 18.2 Å². The molecule has 1 N–H and O–H groups in total. The lowest BCUT2D eigenvalue weighted by molar-refractivity contribution is -0.173. The van der Waals surface area contributed by atoms with E-state index in [0.717, 1.165) is 24.8 Å². The normalized spacial score (nSPS) is 31.9. The maximum Gasteiger partial charge on any atom is 0.331 e. The van der Waals surface area contributed by atoms with Gasteiger partial charge in [-0.05, 0) is 37.7 Å². The molecular formula is C27H37NO6. The number of esters is 1. The number of aliphatic carboxylic acids is 1. The second kappa shape index (κ2) is 9.90. The second-order valence-electron chi connectivity index (χ2n) is 10.4. The highest BCUT2D eigenvalue weighted by atomic mass is 16.6. The summed E-state index contributed by atoms with van der Waals surface area (Å²) in [4.78, 5) is 39.5. The third-order valence-electron chi connectivity index (χ3n) is 7.81. The number of carbonyl (C=O) groups excluding carboxylic acids is 2. The van der Waals surface area contributed by atoms with Crippen LogP contribution in [0.5, 0.6) is 0 Å². The van der Waals surface area contributed by atoms with Crippen LogP contribution < -0.4 is 0 Å². The fourth-order valence-electron chi connectivity index (χ4n) is 6.40. The molecule has 1 amide bonds. The first-order valence-corrected chi connectivity index (χ1v) is 12.0. The molecular weight excluding hydrogens is 434 g/mol. The van der Waals surface area contributed by atoms with Crippen molar-refractivity contribution in [2.24, 2.45) is 16.7 Å². The number of allylic oxidation sites excluding steroid dienone is 5. The highest BCUT2D eigenvalue weighted by Gasteiger charge is 2.63. The van der Waals surface area contributed by atoms with Crippen LogP contribution in [0, 0.1) is 16.7 Å². The maximum absolute atomic E-state index is 13.6. The van der Waals surface area contributed by atoms with Crippen LogP contribution in [0.2, 0.25) is 0 Å². The van der Waals surface area contributed by atoms with Crippen LogP contribution in [0.3, 0.4) is 0 Å². The fourth-order valence-corrected chi connectivity index (χ4v) is 6.40. The van der Waals surface area contributed by atoms with Crippen LogP contribution in [0.25, 0.3) is 0 Å². The van der Waals surface area contributed by atoms with Gasteiger partial charge in [0.15, 0.2) is 0 Å². The molecule has 0 spiro atoms. The molecule has 5 atom stereocenters. The Labute approximate surface area is 202 Å². The summed E-state index contributed by atoms with van der Waals surface area (Å²) in [5.41, 5.74) is 0.639. The first-order chi connectivity index (χ1) is 16.0. The van der Waals surface area contributed by atoms with E-state index < -0.39 is 35.6 Å². The Morgan fingerprint density at radius 2 is 1.82 bits per heavy atom. The van der Waals surface area contributed by atoms with Crippen LogP contribution in [0.1, 0.15) is 53.9 Å². The minimum Gasteiger partial charge on any atom is -0.480 e. The van der Waals surface area contributed by atoms with E-state index in [1.807, 2.05) is 25.2 Å². The molecule has 2 aliphatic carbocycles. The Kier molecular flexibility index (Phi) is 7.56. The Morgan fingerprint density at radius 3 is 2.44 bits per heavy atom. The molecule has 0 aromatic rings. The molecule has 34 heavy (non-hydrogen) atoms. The topological polar surface area (TPSA) is 93.1 Å². The van der Waals surface area contributed by atoms with E-state index in [4.69, 9.17) is 9.47 Å². The molecule has 1 heterocycles. The van der Waals surface area contributed by atoms with Crippen LogP contribution in [0.15, 0.2) is 47.6 Å². The van der Waals surface area contributed by atoms with E-state index in [9.17, 15) is 19.5 Å². The number of amides is 1. The van der Waals surface area contributed by atoms with E-state index in [1.165, 1.54) is 17.9 Å². The molecule has 0 radical (unpaired) electrons. The zero-order chi connectivity index (χ0) is 25.3. The number of carboxylic acids is 1. The van der Waals surface area contributed by atoms with E-state index in [2.05, 4.69) is 20.8 Å². The minimum atomic E-state index is -1.05. The predicted molar refractivity (Wildman–Crippen MR) is 129 cm³/mol. The molecule has 0 aromatic carbocycles. The third kappa shape index (κ3) is 4.50. The predicted octanol–water partition coefficient (Wildman–Crippen LogP) is 4.06. The highest BCUT2D eigenvalue weighted by Crippen LogP contribution is 2.62. The number of rotatable bonds is 7. The number of hydrogen-bond acceptors (Lipinski definition) is 5. The summed E-state index contributed by atoms with van der Waals surface area (Å²) in [6.07, 6.45) is 11.8. The zero-order valence-electron chi connectivity index (χ0n) is 21.0. The van der Waals surface area contributed by atoms with Gasteiger partial charge in [0.25, 0.3) is 5.91 Å². The third-order valence-corrected chi connectivity index (χ3v) is 7.81. The molecule has 0 unspecified atom stereocenters. The van der Waals surface area contributed by atoms with Gasteiger partial charge in [-0.1, -0.05) is 57.6 Å². The Bertz CT molecular complexity index is 958. The van der Waals surface area contributed by atoms with Crippen molar-refractivity contribution in [3.8, 4) is 0 Å². The summed E-state index contributed by atoms with van der Waals surface area (Å²) in [6.45, 7) is 9.98. The lowest BCUT2D eigenvalue weighted by Gasteiger charge is -2.57. The number of methoxy groups -OCH3 is 1. The maximum atomic E-state index is 13.6. The highest BCUT2D eigenvalue weighted by molar-refractivity contribution is 6.01. The number of hydrogen-bond donors (Lipinski definition) is 1. The van der Waals surface area contributed by atoms with Crippen molar-refractivity contribution in [2.45, 2.75) is 72.1 Å². The molecule has 1 fully saturated rings. The average Bonchev–Trinajstić information content (AvgIpc) is 3.10. The van der Waals surface area contributed by atoms with Gasteiger partial charge in [-0.15, -0.1) is 0 Å². The van der Waals surface area contributed by atoms with Gasteiger partial charge in [0, 0.05) is 36.6 Å². The van der Waals surface area contributed by atoms with Crippen molar-refractivity contribution in [1.29, 1.82) is 0 Å². The van der Waals surface area contributed by atoms with Crippen molar-refractivity contribution in [3.63, 3.8) is 0 Å². The van der Waals surface area contributed by atoms with E-state index in [-0.39, 0.29) is 23.8 Å². The Hall–Kier alpha value is -2.67. The fraction of sp³-hybridized carbons (Fsp3) is 0.593. The zero-order valence-corrected chi connectivity index (χ0v) is 21.0. The SMILES string of the molecule is C/C=C/C=C/C=C/C(=O)O[C@@H]1[C@H](OC)C2=C(C(=O)N([C@@H](C)C(=O)O)C2)[C@@]2(C)CCCC(C)(C)[C@H]12. The lowest BCUT2D eigenvalue weighted by Crippen LogP contribution is -2.58. The number of fused-ring (bicyclic) bond motifs is 2. The summed E-state index contributed by atoms with van der Waals surface area (Å²) < 4.78 is 12.0. The lowest BCUT2D eigenvalue weighted by atomic mass is 9.49. The minimum absolute atomic E-state index is 0.155. The van der Waals surface area contributed by atoms with Crippen molar-refractivity contribution in [1.82, 2.24) is 4.90 Å². The molecule has 3 rings (SSSR count). The average molecular weight is 472 g/mol. The van der Waals surface area contributed by atoms with Gasteiger partial charge < -0.3 is 19.5 Å². The van der Waals surface area contributed by atoms with E-state index >= 15 is 0 Å². The van der Waals surface area contributed by atoms with Gasteiger partial charge in [-0.25, -0.2) is 9.59 Å². The largest absolute Gasteiger partial charge is 0.480 e. The van der Waals surface area contributed by atoms with Gasteiger partial charge >= 0.3 is 11.9 Å². The molecule has 1 saturated carbocycles. The van der Waals surface area contributed by atoms with Crippen molar-refractivity contribution in [2.75, 3.05) is 13.7 Å². The molecule has 1 aliphatic heterocycles. The molecule has 7 nitrogen and oxygen atoms in total. The van der Waals surface area contributed by atoms with Crippen LogP contribution in [-0.2, 0) is 23.9 Å².